The minimum absolute atomic E-state index is 0.00714. The third-order valence-corrected chi connectivity index (χ3v) is 14.8. The van der Waals surface area contributed by atoms with E-state index in [4.69, 9.17) is 18.9 Å². The van der Waals surface area contributed by atoms with Crippen molar-refractivity contribution in [1.82, 2.24) is 9.80 Å². The van der Waals surface area contributed by atoms with Crippen molar-refractivity contribution in [3.8, 4) is 0 Å². The minimum Gasteiger partial charge on any atom is -0.465 e. The number of likely N-dealkylation sites (N-methyl/N-ethyl adjacent to an activating group) is 1. The smallest absolute Gasteiger partial charge is 0.305 e. The van der Waals surface area contributed by atoms with E-state index in [0.717, 1.165) is 83.5 Å². The van der Waals surface area contributed by atoms with Crippen molar-refractivity contribution < 1.29 is 48.0 Å². The largest absolute Gasteiger partial charge is 0.465 e. The first-order valence-electron chi connectivity index (χ1n) is 31.9. The monoisotopic (exact) mass is 1080 g/mol. The van der Waals surface area contributed by atoms with Crippen LogP contribution in [0, 0.1) is 17.8 Å². The van der Waals surface area contributed by atoms with Crippen molar-refractivity contribution in [3.63, 3.8) is 0 Å². The van der Waals surface area contributed by atoms with Crippen LogP contribution in [0.3, 0.4) is 0 Å². The topological polar surface area (TPSA) is 149 Å². The van der Waals surface area contributed by atoms with Crippen LogP contribution in [0.5, 0.6) is 0 Å². The lowest BCUT2D eigenvalue weighted by atomic mass is 9.95. The van der Waals surface area contributed by atoms with E-state index in [9.17, 15) is 29.1 Å². The molecule has 0 aromatic rings. The molecule has 0 atom stereocenters. The van der Waals surface area contributed by atoms with Crippen molar-refractivity contribution in [1.29, 1.82) is 0 Å². The highest BCUT2D eigenvalue weighted by Gasteiger charge is 2.23. The summed E-state index contributed by atoms with van der Waals surface area (Å²) >= 11 is 0. The van der Waals surface area contributed by atoms with Gasteiger partial charge in [0.05, 0.1) is 33.0 Å². The Kier molecular flexibility index (Phi) is 53.2. The average Bonchev–Trinajstić information content (AvgIpc) is 3.41. The molecule has 0 heterocycles. The van der Waals surface area contributed by atoms with Crippen LogP contribution in [0.15, 0.2) is 12.2 Å². The van der Waals surface area contributed by atoms with Crippen LogP contribution < -0.4 is 0 Å². The highest BCUT2D eigenvalue weighted by atomic mass is 16.5. The Balaban J connectivity index is 5.32. The summed E-state index contributed by atoms with van der Waals surface area (Å²) in [6, 6.07) is 0. The number of hydrogen-bond acceptors (Lipinski definition) is 11. The standard InChI is InChI=1S/C64H120N2O10/c1-7-12-17-22-23-24-33-43-60(68)66(49-38-48-65(6)50-51-67)52-59(55-75-63(71)46-36-27-25-34-44-61(69)73-53-57(39-29-18-13-8-2)40-30-19-14-9-3)56-76-64(72)47-37-28-26-35-45-62(70)74-54-58(41-31-20-15-10-4)42-32-21-16-11-5/h23-24,57-59,67H,7-22,25-56H2,1-6H3/b24-23-. The van der Waals surface area contributed by atoms with Crippen LogP contribution in [0.4, 0.5) is 0 Å². The summed E-state index contributed by atoms with van der Waals surface area (Å²) in [5, 5.41) is 9.44. The van der Waals surface area contributed by atoms with E-state index in [1.54, 1.807) is 0 Å². The molecule has 12 heteroatoms. The lowest BCUT2D eigenvalue weighted by Gasteiger charge is -2.28. The molecule has 12 nitrogen and oxygen atoms in total. The van der Waals surface area contributed by atoms with Gasteiger partial charge in [0, 0.05) is 57.7 Å². The van der Waals surface area contributed by atoms with Gasteiger partial charge in [-0.25, -0.2) is 0 Å². The van der Waals surface area contributed by atoms with Crippen molar-refractivity contribution in [3.05, 3.63) is 12.2 Å². The number of nitrogens with zero attached hydrogens (tertiary/aromatic N) is 2. The third-order valence-electron chi connectivity index (χ3n) is 14.8. The second kappa shape index (κ2) is 55.3. The van der Waals surface area contributed by atoms with Gasteiger partial charge >= 0.3 is 23.9 Å². The quantitative estimate of drug-likeness (QED) is 0.0268. The van der Waals surface area contributed by atoms with Crippen LogP contribution >= 0.6 is 0 Å². The Morgan fingerprint density at radius 2 is 0.724 bits per heavy atom. The molecule has 0 unspecified atom stereocenters. The van der Waals surface area contributed by atoms with Crippen molar-refractivity contribution in [2.24, 2.45) is 17.8 Å². The molecule has 0 rings (SSSR count). The number of unbranched alkanes of at least 4 members (excludes halogenated alkanes) is 21. The van der Waals surface area contributed by atoms with E-state index in [0.29, 0.717) is 89.6 Å². The van der Waals surface area contributed by atoms with E-state index in [2.05, 4.69) is 46.8 Å². The molecule has 76 heavy (non-hydrogen) atoms. The zero-order valence-electron chi connectivity index (χ0n) is 50.3. The van der Waals surface area contributed by atoms with Crippen molar-refractivity contribution in [2.45, 2.75) is 285 Å². The molecule has 0 aliphatic carbocycles. The van der Waals surface area contributed by atoms with Gasteiger partial charge in [-0.15, -0.1) is 0 Å². The number of ether oxygens (including phenoxy) is 4. The normalized spacial score (nSPS) is 11.7. The maximum Gasteiger partial charge on any atom is 0.305 e. The molecule has 0 fully saturated rings. The zero-order valence-corrected chi connectivity index (χ0v) is 50.3. The predicted octanol–water partition coefficient (Wildman–Crippen LogP) is 15.6. The molecule has 0 aromatic heterocycles. The Bertz CT molecular complexity index is 1300. The predicted molar refractivity (Wildman–Crippen MR) is 313 cm³/mol. The van der Waals surface area contributed by atoms with Gasteiger partial charge in [-0.05, 0) is 102 Å². The lowest BCUT2D eigenvalue weighted by molar-refractivity contribution is -0.150. The summed E-state index contributed by atoms with van der Waals surface area (Å²) in [6.07, 6.45) is 41.8. The highest BCUT2D eigenvalue weighted by molar-refractivity contribution is 5.76. The number of hydrogen-bond donors (Lipinski definition) is 1. The average molecular weight is 1080 g/mol. The lowest BCUT2D eigenvalue weighted by Crippen LogP contribution is -2.40. The van der Waals surface area contributed by atoms with E-state index in [1.165, 1.54) is 109 Å². The van der Waals surface area contributed by atoms with Crippen molar-refractivity contribution >= 4 is 29.8 Å². The summed E-state index contributed by atoms with van der Waals surface area (Å²) in [4.78, 5) is 69.1. The fourth-order valence-corrected chi connectivity index (χ4v) is 9.69. The number of esters is 4. The fraction of sp³-hybridized carbons (Fsp3) is 0.891. The number of amides is 1. The van der Waals surface area contributed by atoms with Gasteiger partial charge in [0.1, 0.15) is 0 Å². The molecule has 0 saturated heterocycles. The molecule has 0 spiro atoms. The Morgan fingerprint density at radius 1 is 0.382 bits per heavy atom. The van der Waals surface area contributed by atoms with Gasteiger partial charge in [0.25, 0.3) is 0 Å². The Morgan fingerprint density at radius 3 is 1.09 bits per heavy atom. The van der Waals surface area contributed by atoms with Gasteiger partial charge in [-0.2, -0.15) is 0 Å². The van der Waals surface area contributed by atoms with Gasteiger partial charge in [-0.1, -0.05) is 188 Å². The molecule has 0 aliphatic heterocycles. The van der Waals surface area contributed by atoms with E-state index in [1.807, 2.05) is 16.8 Å². The highest BCUT2D eigenvalue weighted by Crippen LogP contribution is 2.22. The summed E-state index contributed by atoms with van der Waals surface area (Å²) in [5.74, 6) is -0.429. The van der Waals surface area contributed by atoms with E-state index in [-0.39, 0.29) is 69.0 Å². The minimum atomic E-state index is -0.409. The van der Waals surface area contributed by atoms with Gasteiger partial charge in [-0.3, -0.25) is 24.0 Å². The zero-order chi connectivity index (χ0) is 56.0. The first-order valence-corrected chi connectivity index (χ1v) is 31.9. The maximum absolute atomic E-state index is 13.8. The molecule has 446 valence electrons. The first-order chi connectivity index (χ1) is 37.0. The molecule has 1 amide bonds. The van der Waals surface area contributed by atoms with Crippen LogP contribution in [-0.4, -0.2) is 111 Å². The van der Waals surface area contributed by atoms with E-state index < -0.39 is 5.92 Å². The summed E-state index contributed by atoms with van der Waals surface area (Å²) in [6.45, 7) is 14.3. The molecule has 0 aromatic carbocycles. The van der Waals surface area contributed by atoms with Gasteiger partial charge in [0.2, 0.25) is 5.91 Å². The molecule has 1 N–H and O–H groups in total. The molecule has 0 radical (unpaired) electrons. The second-order valence-electron chi connectivity index (χ2n) is 22.3. The van der Waals surface area contributed by atoms with Crippen molar-refractivity contribution in [2.75, 3.05) is 66.3 Å². The molecule has 0 aliphatic rings. The number of aliphatic hydroxyl groups excluding tert-OH is 1. The number of rotatable bonds is 57. The second-order valence-corrected chi connectivity index (χ2v) is 22.3. The fourth-order valence-electron chi connectivity index (χ4n) is 9.69. The maximum atomic E-state index is 13.8. The number of aliphatic hydroxyl groups is 1. The number of allylic oxidation sites excluding steroid dienone is 2. The molecule has 0 saturated carbocycles. The van der Waals surface area contributed by atoms with Crippen LogP contribution in [0.1, 0.15) is 285 Å². The first kappa shape index (κ1) is 73.0. The SMILES string of the molecule is CCCCC/C=C\CCC(=O)N(CCCN(C)CCO)CC(COC(=O)CCCCCCC(=O)OCC(CCCCCC)CCCCCC)COC(=O)CCCCCCC(=O)OCC(CCCCCC)CCCCCC. The molecular formula is C64H120N2O10. The van der Waals surface area contributed by atoms with Crippen LogP contribution in [0.25, 0.3) is 0 Å². The summed E-state index contributed by atoms with van der Waals surface area (Å²) in [7, 11) is 1.95. The van der Waals surface area contributed by atoms with Crippen LogP contribution in [0.2, 0.25) is 0 Å². The number of carbonyl (C=O) groups excluding carboxylic acids is 5. The molecule has 0 bridgehead atoms. The van der Waals surface area contributed by atoms with Gasteiger partial charge in [0.15, 0.2) is 0 Å². The molecular weight excluding hydrogens is 957 g/mol. The van der Waals surface area contributed by atoms with Crippen LogP contribution in [-0.2, 0) is 42.9 Å². The summed E-state index contributed by atoms with van der Waals surface area (Å²) in [5.41, 5.74) is 0. The Hall–Kier alpha value is -2.99. The summed E-state index contributed by atoms with van der Waals surface area (Å²) < 4.78 is 23.2. The van der Waals surface area contributed by atoms with E-state index >= 15 is 0 Å². The van der Waals surface area contributed by atoms with Gasteiger partial charge < -0.3 is 33.9 Å². The Labute approximate surface area is 467 Å². The number of carbonyl (C=O) groups is 5. The third kappa shape index (κ3) is 48.2.